The normalized spacial score (nSPS) is 15.9. The van der Waals surface area contributed by atoms with Gasteiger partial charge in [0.2, 0.25) is 0 Å². The zero-order valence-corrected chi connectivity index (χ0v) is 21.6. The molecule has 1 unspecified atom stereocenters. The van der Waals surface area contributed by atoms with Crippen LogP contribution < -0.4 is 4.74 Å². The van der Waals surface area contributed by atoms with Gasteiger partial charge < -0.3 is 4.74 Å². The Bertz CT molecular complexity index is 1230. The molecule has 34 heavy (non-hydrogen) atoms. The molecule has 4 rings (SSSR count). The first-order valence-corrected chi connectivity index (χ1v) is 12.8. The summed E-state index contributed by atoms with van der Waals surface area (Å²) >= 11 is 6.88. The van der Waals surface area contributed by atoms with Crippen molar-refractivity contribution in [3.8, 4) is 22.7 Å². The monoisotopic (exact) mass is 491 g/mol. The predicted molar refractivity (Wildman–Crippen MR) is 144 cm³/mol. The van der Waals surface area contributed by atoms with Gasteiger partial charge in [0.05, 0.1) is 17.2 Å². The van der Waals surface area contributed by atoms with Gasteiger partial charge in [-0.1, -0.05) is 56.0 Å². The third-order valence-electron chi connectivity index (χ3n) is 5.82. The Kier molecular flexibility index (Phi) is 7.54. The van der Waals surface area contributed by atoms with E-state index in [-0.39, 0.29) is 11.9 Å². The van der Waals surface area contributed by atoms with Crippen LogP contribution in [0.3, 0.4) is 0 Å². The largest absolute Gasteiger partial charge is 0.493 e. The van der Waals surface area contributed by atoms with Crippen LogP contribution >= 0.6 is 24.0 Å². The molecule has 1 aromatic heterocycles. The second kappa shape index (κ2) is 10.6. The maximum atomic E-state index is 13.1. The Labute approximate surface area is 210 Å². The molecule has 176 valence electrons. The summed E-state index contributed by atoms with van der Waals surface area (Å²) in [7, 11) is 0. The van der Waals surface area contributed by atoms with Gasteiger partial charge in [0, 0.05) is 23.4 Å². The van der Waals surface area contributed by atoms with Gasteiger partial charge in [0.15, 0.2) is 0 Å². The fourth-order valence-corrected chi connectivity index (χ4v) is 5.24. The number of thioether (sulfide) groups is 1. The van der Waals surface area contributed by atoms with Crippen LogP contribution in [0.4, 0.5) is 0 Å². The van der Waals surface area contributed by atoms with Crippen molar-refractivity contribution in [2.75, 3.05) is 6.61 Å². The number of carbonyl (C=O) groups excluding carboxylic acids is 1. The highest BCUT2D eigenvalue weighted by Gasteiger charge is 2.35. The number of nitrogens with zero attached hydrogens (tertiary/aromatic N) is 3. The van der Waals surface area contributed by atoms with E-state index >= 15 is 0 Å². The molecule has 2 aromatic carbocycles. The smallest absolute Gasteiger partial charge is 0.266 e. The second-order valence-electron chi connectivity index (χ2n) is 8.35. The molecule has 2 heterocycles. The average molecular weight is 492 g/mol. The summed E-state index contributed by atoms with van der Waals surface area (Å²) in [6.45, 7) is 8.91. The molecule has 7 heteroatoms. The zero-order valence-electron chi connectivity index (χ0n) is 19.9. The summed E-state index contributed by atoms with van der Waals surface area (Å²) < 4.78 is 8.32. The molecule has 1 saturated heterocycles. The summed E-state index contributed by atoms with van der Waals surface area (Å²) in [6, 6.07) is 16.1. The van der Waals surface area contributed by atoms with Crippen molar-refractivity contribution in [3.05, 3.63) is 70.8 Å². The Morgan fingerprint density at radius 1 is 1.18 bits per heavy atom. The number of ether oxygens (including phenoxy) is 1. The molecule has 1 fully saturated rings. The fourth-order valence-electron chi connectivity index (χ4n) is 3.78. The van der Waals surface area contributed by atoms with Crippen molar-refractivity contribution < 1.29 is 9.53 Å². The van der Waals surface area contributed by atoms with E-state index in [9.17, 15) is 4.79 Å². The van der Waals surface area contributed by atoms with E-state index in [1.807, 2.05) is 73.3 Å². The van der Waals surface area contributed by atoms with E-state index in [0.29, 0.717) is 15.8 Å². The Morgan fingerprint density at radius 2 is 1.94 bits per heavy atom. The summed E-state index contributed by atoms with van der Waals surface area (Å²) in [6.07, 6.45) is 5.70. The lowest BCUT2D eigenvalue weighted by atomic mass is 10.0. The molecule has 1 amide bonds. The number of carbonyl (C=O) groups is 1. The van der Waals surface area contributed by atoms with Crippen molar-refractivity contribution in [2.45, 2.75) is 46.6 Å². The van der Waals surface area contributed by atoms with Gasteiger partial charge in [-0.25, -0.2) is 4.68 Å². The van der Waals surface area contributed by atoms with Gasteiger partial charge >= 0.3 is 0 Å². The van der Waals surface area contributed by atoms with E-state index in [1.165, 1.54) is 11.8 Å². The first-order chi connectivity index (χ1) is 16.4. The van der Waals surface area contributed by atoms with Crippen LogP contribution in [0, 0.1) is 6.92 Å². The molecule has 5 nitrogen and oxygen atoms in total. The molecule has 0 saturated carbocycles. The highest BCUT2D eigenvalue weighted by molar-refractivity contribution is 8.26. The first-order valence-electron chi connectivity index (χ1n) is 11.6. The van der Waals surface area contributed by atoms with Crippen LogP contribution in [0.15, 0.2) is 59.6 Å². The van der Waals surface area contributed by atoms with E-state index in [4.69, 9.17) is 22.1 Å². The van der Waals surface area contributed by atoms with Gasteiger partial charge in [-0.3, -0.25) is 9.69 Å². The predicted octanol–water partition coefficient (Wildman–Crippen LogP) is 6.64. The molecule has 0 bridgehead atoms. The van der Waals surface area contributed by atoms with Crippen LogP contribution in [-0.2, 0) is 4.79 Å². The number of thiocarbonyl (C=S) groups is 1. The number of aromatic nitrogens is 2. The number of para-hydroxylation sites is 1. The van der Waals surface area contributed by atoms with E-state index in [2.05, 4.69) is 19.9 Å². The molecule has 1 atom stereocenters. The van der Waals surface area contributed by atoms with Crippen LogP contribution in [0.2, 0.25) is 0 Å². The van der Waals surface area contributed by atoms with Crippen molar-refractivity contribution in [1.82, 2.24) is 14.7 Å². The molecular weight excluding hydrogens is 462 g/mol. The van der Waals surface area contributed by atoms with Gasteiger partial charge in [-0.2, -0.15) is 5.10 Å². The standard InChI is InChI=1S/C27H29N3O2S2/c1-5-14-32-23-13-12-20(15-18(23)3)25-21(17-29(28-25)22-10-8-7-9-11-22)16-24-26(31)30(19(4)6-2)27(33)34-24/h7-13,15-17,19H,5-6,14H2,1-4H3. The average Bonchev–Trinajstić information content (AvgIpc) is 3.39. The minimum Gasteiger partial charge on any atom is -0.493 e. The van der Waals surface area contributed by atoms with Crippen molar-refractivity contribution in [3.63, 3.8) is 0 Å². The Hall–Kier alpha value is -2.90. The topological polar surface area (TPSA) is 47.4 Å². The van der Waals surface area contributed by atoms with Crippen LogP contribution in [0.25, 0.3) is 23.0 Å². The van der Waals surface area contributed by atoms with Crippen LogP contribution in [0.1, 0.15) is 44.7 Å². The van der Waals surface area contributed by atoms with Crippen LogP contribution in [-0.4, -0.2) is 37.6 Å². The van der Waals surface area contributed by atoms with Crippen molar-refractivity contribution in [2.24, 2.45) is 0 Å². The SMILES string of the molecule is CCCOc1ccc(-c2nn(-c3ccccc3)cc2C=C2SC(=S)N(C(C)CC)C2=O)cc1C. The summed E-state index contributed by atoms with van der Waals surface area (Å²) in [5, 5.41) is 4.90. The highest BCUT2D eigenvalue weighted by Crippen LogP contribution is 2.37. The van der Waals surface area contributed by atoms with Crippen LogP contribution in [0.5, 0.6) is 5.75 Å². The van der Waals surface area contributed by atoms with Gasteiger partial charge in [0.25, 0.3) is 5.91 Å². The molecule has 0 N–H and O–H groups in total. The number of hydrogen-bond donors (Lipinski definition) is 0. The molecule has 1 aliphatic heterocycles. The number of benzene rings is 2. The number of hydrogen-bond acceptors (Lipinski definition) is 5. The van der Waals surface area contributed by atoms with E-state index in [0.717, 1.165) is 46.7 Å². The lowest BCUT2D eigenvalue weighted by Gasteiger charge is -2.21. The number of rotatable bonds is 8. The highest BCUT2D eigenvalue weighted by atomic mass is 32.2. The second-order valence-corrected chi connectivity index (χ2v) is 10.0. The summed E-state index contributed by atoms with van der Waals surface area (Å²) in [5.74, 6) is 0.839. The number of amides is 1. The number of aryl methyl sites for hydroxylation is 1. The zero-order chi connectivity index (χ0) is 24.2. The minimum atomic E-state index is -0.0396. The fraction of sp³-hybridized carbons (Fsp3) is 0.296. The lowest BCUT2D eigenvalue weighted by Crippen LogP contribution is -2.36. The summed E-state index contributed by atoms with van der Waals surface area (Å²) in [5.41, 5.74) is 4.65. The van der Waals surface area contributed by atoms with Gasteiger partial charge in [-0.15, -0.1) is 0 Å². The van der Waals surface area contributed by atoms with Gasteiger partial charge in [-0.05, 0) is 68.7 Å². The third kappa shape index (κ3) is 4.95. The third-order valence-corrected chi connectivity index (χ3v) is 7.15. The Balaban J connectivity index is 1.78. The van der Waals surface area contributed by atoms with E-state index < -0.39 is 0 Å². The van der Waals surface area contributed by atoms with Crippen molar-refractivity contribution in [1.29, 1.82) is 0 Å². The lowest BCUT2D eigenvalue weighted by molar-refractivity contribution is -0.123. The molecule has 3 aromatic rings. The first kappa shape index (κ1) is 24.2. The van der Waals surface area contributed by atoms with Crippen molar-refractivity contribution >= 4 is 40.3 Å². The molecule has 0 aliphatic carbocycles. The maximum Gasteiger partial charge on any atom is 0.266 e. The van der Waals surface area contributed by atoms with E-state index in [1.54, 1.807) is 4.90 Å². The quantitative estimate of drug-likeness (QED) is 0.261. The minimum absolute atomic E-state index is 0.0396. The Morgan fingerprint density at radius 3 is 2.62 bits per heavy atom. The maximum absolute atomic E-state index is 13.1. The summed E-state index contributed by atoms with van der Waals surface area (Å²) in [4.78, 5) is 15.5. The molecule has 1 aliphatic rings. The van der Waals surface area contributed by atoms with Gasteiger partial charge in [0.1, 0.15) is 15.8 Å². The molecule has 0 radical (unpaired) electrons. The molecular formula is C27H29N3O2S2. The molecule has 0 spiro atoms.